The molecule has 1 aliphatic rings. The van der Waals surface area contributed by atoms with Crippen molar-refractivity contribution in [3.05, 3.63) is 64.0 Å². The standard InChI is InChI=1S/C18H17FN4O2/c19-12-3-4-16-13(8-12)14(9-17(24)21-16)18(25)23-7-1-2-11(10-23)15-5-6-20-22-15/h3-6,8-9,11H,1-2,7,10H2,(H,20,22)(H,21,24). The van der Waals surface area contributed by atoms with Crippen LogP contribution in [0.1, 0.15) is 34.8 Å². The van der Waals surface area contributed by atoms with E-state index in [0.29, 0.717) is 24.0 Å². The van der Waals surface area contributed by atoms with E-state index < -0.39 is 5.82 Å². The van der Waals surface area contributed by atoms with Crippen LogP contribution in [0.3, 0.4) is 0 Å². The van der Waals surface area contributed by atoms with E-state index in [1.807, 2.05) is 6.07 Å². The summed E-state index contributed by atoms with van der Waals surface area (Å²) in [5.41, 5.74) is 1.33. The zero-order valence-electron chi connectivity index (χ0n) is 13.5. The topological polar surface area (TPSA) is 81.8 Å². The molecule has 3 aromatic rings. The van der Waals surface area contributed by atoms with Gasteiger partial charge in [-0.15, -0.1) is 0 Å². The van der Waals surface area contributed by atoms with Crippen molar-refractivity contribution in [3.8, 4) is 0 Å². The third-order valence-electron chi connectivity index (χ3n) is 4.71. The highest BCUT2D eigenvalue weighted by atomic mass is 19.1. The van der Waals surface area contributed by atoms with Crippen LogP contribution in [0, 0.1) is 5.82 Å². The first-order valence-corrected chi connectivity index (χ1v) is 8.23. The number of pyridine rings is 1. The molecule has 25 heavy (non-hydrogen) atoms. The number of aromatic nitrogens is 3. The lowest BCUT2D eigenvalue weighted by molar-refractivity contribution is 0.0707. The van der Waals surface area contributed by atoms with Crippen molar-refractivity contribution in [3.63, 3.8) is 0 Å². The summed E-state index contributed by atoms with van der Waals surface area (Å²) in [6.45, 7) is 1.16. The average molecular weight is 340 g/mol. The molecule has 2 N–H and O–H groups in total. The molecule has 1 aromatic carbocycles. The van der Waals surface area contributed by atoms with Crippen LogP contribution in [-0.2, 0) is 0 Å². The summed E-state index contributed by atoms with van der Waals surface area (Å²) in [5.74, 6) is -0.501. The fourth-order valence-electron chi connectivity index (χ4n) is 3.48. The van der Waals surface area contributed by atoms with Crippen molar-refractivity contribution in [2.45, 2.75) is 18.8 Å². The van der Waals surface area contributed by atoms with Gasteiger partial charge in [-0.05, 0) is 37.1 Å². The number of hydrogen-bond donors (Lipinski definition) is 2. The molecular formula is C18H17FN4O2. The maximum atomic E-state index is 13.6. The number of benzene rings is 1. The number of carbonyl (C=O) groups is 1. The number of carbonyl (C=O) groups excluding carboxylic acids is 1. The lowest BCUT2D eigenvalue weighted by Gasteiger charge is -2.32. The third kappa shape index (κ3) is 2.93. The van der Waals surface area contributed by atoms with Crippen LogP contribution in [0.4, 0.5) is 4.39 Å². The van der Waals surface area contributed by atoms with E-state index in [1.165, 1.54) is 24.3 Å². The highest BCUT2D eigenvalue weighted by Crippen LogP contribution is 2.27. The van der Waals surface area contributed by atoms with Gasteiger partial charge in [0, 0.05) is 47.9 Å². The first-order valence-electron chi connectivity index (χ1n) is 8.23. The van der Waals surface area contributed by atoms with Gasteiger partial charge >= 0.3 is 0 Å². The smallest absolute Gasteiger partial charge is 0.254 e. The van der Waals surface area contributed by atoms with Crippen LogP contribution >= 0.6 is 0 Å². The number of H-pyrrole nitrogens is 2. The monoisotopic (exact) mass is 340 g/mol. The van der Waals surface area contributed by atoms with E-state index in [9.17, 15) is 14.0 Å². The lowest BCUT2D eigenvalue weighted by atomic mass is 9.94. The molecule has 1 atom stereocenters. The molecule has 3 heterocycles. The Morgan fingerprint density at radius 3 is 2.96 bits per heavy atom. The van der Waals surface area contributed by atoms with Crippen LogP contribution in [0.5, 0.6) is 0 Å². The Kier molecular flexibility index (Phi) is 3.83. The summed E-state index contributed by atoms with van der Waals surface area (Å²) in [6.07, 6.45) is 3.53. The molecule has 6 nitrogen and oxygen atoms in total. The molecule has 1 unspecified atom stereocenters. The molecule has 128 valence electrons. The van der Waals surface area contributed by atoms with Gasteiger partial charge in [-0.2, -0.15) is 5.10 Å². The number of likely N-dealkylation sites (tertiary alicyclic amines) is 1. The van der Waals surface area contributed by atoms with E-state index in [1.54, 1.807) is 11.1 Å². The first kappa shape index (κ1) is 15.6. The van der Waals surface area contributed by atoms with E-state index in [4.69, 9.17) is 0 Å². The predicted octanol–water partition coefficient (Wildman–Crippen LogP) is 2.41. The number of piperidine rings is 1. The second-order valence-corrected chi connectivity index (χ2v) is 6.34. The Labute approximate surface area is 142 Å². The molecule has 2 aromatic heterocycles. The largest absolute Gasteiger partial charge is 0.338 e. The van der Waals surface area contributed by atoms with Gasteiger partial charge in [0.1, 0.15) is 5.82 Å². The Balaban J connectivity index is 1.70. The highest BCUT2D eigenvalue weighted by Gasteiger charge is 2.27. The molecule has 1 saturated heterocycles. The molecular weight excluding hydrogens is 323 g/mol. The number of nitrogens with zero attached hydrogens (tertiary/aromatic N) is 2. The van der Waals surface area contributed by atoms with Crippen LogP contribution < -0.4 is 5.56 Å². The van der Waals surface area contributed by atoms with Crippen LogP contribution in [0.2, 0.25) is 0 Å². The van der Waals surface area contributed by atoms with E-state index in [0.717, 1.165) is 18.5 Å². The molecule has 1 amide bonds. The average Bonchev–Trinajstić information content (AvgIpc) is 3.16. The molecule has 0 bridgehead atoms. The Bertz CT molecular complexity index is 980. The second kappa shape index (κ2) is 6.16. The first-order chi connectivity index (χ1) is 12.1. The third-order valence-corrected chi connectivity index (χ3v) is 4.71. The minimum atomic E-state index is -0.442. The summed E-state index contributed by atoms with van der Waals surface area (Å²) in [6, 6.07) is 7.20. The minimum Gasteiger partial charge on any atom is -0.338 e. The van der Waals surface area contributed by atoms with Crippen LogP contribution in [0.15, 0.2) is 41.3 Å². The number of halogens is 1. The number of aromatic amines is 2. The van der Waals surface area contributed by atoms with Crippen molar-refractivity contribution >= 4 is 16.8 Å². The van der Waals surface area contributed by atoms with Gasteiger partial charge in [0.2, 0.25) is 5.56 Å². The van der Waals surface area contributed by atoms with Gasteiger partial charge < -0.3 is 9.88 Å². The minimum absolute atomic E-state index is 0.185. The molecule has 1 fully saturated rings. The van der Waals surface area contributed by atoms with Gasteiger partial charge in [0.05, 0.1) is 5.56 Å². The van der Waals surface area contributed by atoms with Crippen molar-refractivity contribution in [1.82, 2.24) is 20.1 Å². The molecule has 7 heteroatoms. The Hall–Kier alpha value is -2.96. The Morgan fingerprint density at radius 2 is 2.16 bits per heavy atom. The SMILES string of the molecule is O=C(c1cc(=O)[nH]c2ccc(F)cc12)N1CCCC(c2ccn[nH]2)C1. The number of nitrogens with one attached hydrogen (secondary N) is 2. The normalized spacial score (nSPS) is 17.8. The summed E-state index contributed by atoms with van der Waals surface area (Å²) >= 11 is 0. The summed E-state index contributed by atoms with van der Waals surface area (Å²) in [4.78, 5) is 29.3. The Morgan fingerprint density at radius 1 is 1.28 bits per heavy atom. The summed E-state index contributed by atoms with van der Waals surface area (Å²) in [5, 5.41) is 7.36. The van der Waals surface area contributed by atoms with Crippen LogP contribution in [0.25, 0.3) is 10.9 Å². The van der Waals surface area contributed by atoms with Crippen LogP contribution in [-0.4, -0.2) is 39.1 Å². The molecule has 0 radical (unpaired) electrons. The molecule has 4 rings (SSSR count). The van der Waals surface area contributed by atoms with E-state index in [-0.39, 0.29) is 22.9 Å². The van der Waals surface area contributed by atoms with E-state index in [2.05, 4.69) is 15.2 Å². The quantitative estimate of drug-likeness (QED) is 0.752. The predicted molar refractivity (Wildman–Crippen MR) is 91.0 cm³/mol. The van der Waals surface area contributed by atoms with Gasteiger partial charge in [-0.3, -0.25) is 14.7 Å². The van der Waals surface area contributed by atoms with Crippen molar-refractivity contribution in [1.29, 1.82) is 0 Å². The lowest BCUT2D eigenvalue weighted by Crippen LogP contribution is -2.39. The number of fused-ring (bicyclic) bond motifs is 1. The van der Waals surface area contributed by atoms with Gasteiger partial charge in [0.25, 0.3) is 5.91 Å². The summed E-state index contributed by atoms with van der Waals surface area (Å²) < 4.78 is 13.6. The molecule has 0 spiro atoms. The molecule has 0 saturated carbocycles. The summed E-state index contributed by atoms with van der Waals surface area (Å²) in [7, 11) is 0. The number of hydrogen-bond acceptors (Lipinski definition) is 3. The fraction of sp³-hybridized carbons (Fsp3) is 0.278. The maximum Gasteiger partial charge on any atom is 0.254 e. The zero-order valence-corrected chi connectivity index (χ0v) is 13.5. The van der Waals surface area contributed by atoms with Crippen molar-refractivity contribution < 1.29 is 9.18 Å². The number of amides is 1. The van der Waals surface area contributed by atoms with Gasteiger partial charge in [-0.25, -0.2) is 4.39 Å². The number of rotatable bonds is 2. The highest BCUT2D eigenvalue weighted by molar-refractivity contribution is 6.06. The zero-order chi connectivity index (χ0) is 17.4. The molecule has 0 aliphatic carbocycles. The van der Waals surface area contributed by atoms with Crippen molar-refractivity contribution in [2.75, 3.05) is 13.1 Å². The molecule has 1 aliphatic heterocycles. The van der Waals surface area contributed by atoms with Crippen molar-refractivity contribution in [2.24, 2.45) is 0 Å². The maximum absolute atomic E-state index is 13.6. The van der Waals surface area contributed by atoms with Gasteiger partial charge in [0.15, 0.2) is 0 Å². The second-order valence-electron chi connectivity index (χ2n) is 6.34. The van der Waals surface area contributed by atoms with E-state index >= 15 is 0 Å². The van der Waals surface area contributed by atoms with Gasteiger partial charge in [-0.1, -0.05) is 0 Å². The fourth-order valence-corrected chi connectivity index (χ4v) is 3.48.